The highest BCUT2D eigenvalue weighted by Gasteiger charge is 2.17. The van der Waals surface area contributed by atoms with Gasteiger partial charge in [-0.2, -0.15) is 0 Å². The van der Waals surface area contributed by atoms with Gasteiger partial charge in [0.2, 0.25) is 0 Å². The summed E-state index contributed by atoms with van der Waals surface area (Å²) in [5.74, 6) is 2.17. The molecular weight excluding hydrogens is 420 g/mol. The second-order valence-corrected chi connectivity index (χ2v) is 8.30. The third-order valence-electron chi connectivity index (χ3n) is 6.05. The molecule has 1 aliphatic rings. The summed E-state index contributed by atoms with van der Waals surface area (Å²) in [6.45, 7) is 2.74. The minimum Gasteiger partial charge on any atom is -0.497 e. The number of rotatable bonds is 9. The average Bonchev–Trinajstić information content (AvgIpc) is 2.84. The van der Waals surface area contributed by atoms with Gasteiger partial charge in [0.15, 0.2) is 0 Å². The highest BCUT2D eigenvalue weighted by molar-refractivity contribution is 5.34. The van der Waals surface area contributed by atoms with Gasteiger partial charge in [-0.05, 0) is 73.0 Å². The number of benzene rings is 3. The highest BCUT2D eigenvalue weighted by Crippen LogP contribution is 2.30. The van der Waals surface area contributed by atoms with E-state index in [0.717, 1.165) is 67.3 Å². The summed E-state index contributed by atoms with van der Waals surface area (Å²) in [6, 6.07) is 20.9. The summed E-state index contributed by atoms with van der Waals surface area (Å²) >= 11 is 0. The molecule has 0 aliphatic carbocycles. The van der Waals surface area contributed by atoms with Crippen LogP contribution in [0.5, 0.6) is 11.5 Å². The van der Waals surface area contributed by atoms with Gasteiger partial charge in [0.25, 0.3) is 0 Å². The Bertz CT molecular complexity index is 1020. The van der Waals surface area contributed by atoms with Crippen LogP contribution in [0.1, 0.15) is 36.3 Å². The predicted molar refractivity (Wildman–Crippen MR) is 127 cm³/mol. The number of halogens is 2. The number of methoxy groups -OCH3 is 1. The fourth-order valence-electron chi connectivity index (χ4n) is 4.24. The Kier molecular flexibility index (Phi) is 7.74. The molecule has 0 saturated carbocycles. The predicted octanol–water partition coefficient (Wildman–Crippen LogP) is 6.55. The lowest BCUT2D eigenvalue weighted by molar-refractivity contribution is 0.255. The molecule has 0 atom stereocenters. The van der Waals surface area contributed by atoms with E-state index in [9.17, 15) is 8.78 Å². The zero-order valence-electron chi connectivity index (χ0n) is 18.8. The number of ether oxygens (including phenoxy) is 2. The van der Waals surface area contributed by atoms with Gasteiger partial charge < -0.3 is 9.47 Å². The van der Waals surface area contributed by atoms with Crippen LogP contribution in [-0.4, -0.2) is 31.6 Å². The zero-order chi connectivity index (χ0) is 23.0. The van der Waals surface area contributed by atoms with Crippen LogP contribution in [0.15, 0.2) is 84.6 Å². The Morgan fingerprint density at radius 3 is 2.09 bits per heavy atom. The monoisotopic (exact) mass is 449 g/mol. The molecular formula is C28H29F2NO2. The first-order valence-electron chi connectivity index (χ1n) is 11.3. The van der Waals surface area contributed by atoms with Gasteiger partial charge >= 0.3 is 0 Å². The summed E-state index contributed by atoms with van der Waals surface area (Å²) < 4.78 is 38.1. The minimum absolute atomic E-state index is 0.110. The molecule has 0 saturated heterocycles. The van der Waals surface area contributed by atoms with Crippen molar-refractivity contribution < 1.29 is 18.3 Å². The van der Waals surface area contributed by atoms with Crippen molar-refractivity contribution in [2.75, 3.05) is 26.7 Å². The minimum atomic E-state index is -0.247. The van der Waals surface area contributed by atoms with Crippen LogP contribution in [0, 0.1) is 11.6 Å². The van der Waals surface area contributed by atoms with Gasteiger partial charge in [-0.1, -0.05) is 30.3 Å². The second-order valence-electron chi connectivity index (χ2n) is 8.30. The third-order valence-corrected chi connectivity index (χ3v) is 6.05. The van der Waals surface area contributed by atoms with E-state index in [1.807, 2.05) is 48.5 Å². The summed E-state index contributed by atoms with van der Waals surface area (Å²) in [4.78, 5) is 2.41. The SMILES string of the molecule is COc1cccc(OC2=CCN(CCCC(c3ccc(F)cc3)c3ccc(F)cc3)CC2)c1. The molecule has 0 aromatic heterocycles. The molecule has 3 aromatic rings. The molecule has 0 unspecified atom stereocenters. The third kappa shape index (κ3) is 6.42. The van der Waals surface area contributed by atoms with Crippen molar-refractivity contribution in [1.82, 2.24) is 4.90 Å². The first-order valence-corrected chi connectivity index (χ1v) is 11.3. The molecule has 0 spiro atoms. The van der Waals surface area contributed by atoms with Gasteiger partial charge in [-0.15, -0.1) is 0 Å². The van der Waals surface area contributed by atoms with Crippen molar-refractivity contribution in [3.63, 3.8) is 0 Å². The molecule has 33 heavy (non-hydrogen) atoms. The van der Waals surface area contributed by atoms with E-state index in [1.54, 1.807) is 7.11 Å². The second kappa shape index (κ2) is 11.1. The van der Waals surface area contributed by atoms with Crippen LogP contribution in [-0.2, 0) is 0 Å². The molecule has 1 aliphatic heterocycles. The van der Waals surface area contributed by atoms with E-state index in [4.69, 9.17) is 9.47 Å². The van der Waals surface area contributed by atoms with E-state index in [-0.39, 0.29) is 17.6 Å². The van der Waals surface area contributed by atoms with E-state index >= 15 is 0 Å². The largest absolute Gasteiger partial charge is 0.497 e. The Balaban J connectivity index is 1.33. The van der Waals surface area contributed by atoms with Crippen molar-refractivity contribution in [3.8, 4) is 11.5 Å². The molecule has 0 fully saturated rings. The van der Waals surface area contributed by atoms with Crippen molar-refractivity contribution in [2.45, 2.75) is 25.2 Å². The summed E-state index contributed by atoms with van der Waals surface area (Å²) in [5, 5.41) is 0. The molecule has 3 nitrogen and oxygen atoms in total. The van der Waals surface area contributed by atoms with Gasteiger partial charge in [0.05, 0.1) is 7.11 Å². The van der Waals surface area contributed by atoms with Crippen LogP contribution in [0.25, 0.3) is 0 Å². The Morgan fingerprint density at radius 2 is 1.52 bits per heavy atom. The Labute approximate surface area is 194 Å². The lowest BCUT2D eigenvalue weighted by atomic mass is 9.87. The average molecular weight is 450 g/mol. The van der Waals surface area contributed by atoms with Crippen LogP contribution < -0.4 is 9.47 Å². The normalized spacial score (nSPS) is 14.2. The van der Waals surface area contributed by atoms with Crippen LogP contribution >= 0.6 is 0 Å². The quantitative estimate of drug-likeness (QED) is 0.370. The smallest absolute Gasteiger partial charge is 0.130 e. The highest BCUT2D eigenvalue weighted by atomic mass is 19.1. The van der Waals surface area contributed by atoms with Crippen molar-refractivity contribution in [3.05, 3.63) is 107 Å². The van der Waals surface area contributed by atoms with Crippen molar-refractivity contribution in [1.29, 1.82) is 0 Å². The molecule has 4 rings (SSSR count). The maximum Gasteiger partial charge on any atom is 0.130 e. The van der Waals surface area contributed by atoms with E-state index in [2.05, 4.69) is 11.0 Å². The van der Waals surface area contributed by atoms with Crippen LogP contribution in [0.2, 0.25) is 0 Å². The first-order chi connectivity index (χ1) is 16.1. The fourth-order valence-corrected chi connectivity index (χ4v) is 4.24. The maximum atomic E-state index is 13.4. The van der Waals surface area contributed by atoms with E-state index < -0.39 is 0 Å². The van der Waals surface area contributed by atoms with E-state index in [0.29, 0.717) is 0 Å². The number of hydrogen-bond donors (Lipinski definition) is 0. The van der Waals surface area contributed by atoms with E-state index in [1.165, 1.54) is 24.3 Å². The van der Waals surface area contributed by atoms with Crippen LogP contribution in [0.3, 0.4) is 0 Å². The lowest BCUT2D eigenvalue weighted by Crippen LogP contribution is -2.30. The molecule has 172 valence electrons. The zero-order valence-corrected chi connectivity index (χ0v) is 18.8. The molecule has 0 radical (unpaired) electrons. The summed E-state index contributed by atoms with van der Waals surface area (Å²) in [7, 11) is 1.65. The Hall–Kier alpha value is -3.18. The molecule has 0 bridgehead atoms. The van der Waals surface area contributed by atoms with Crippen LogP contribution in [0.4, 0.5) is 8.78 Å². The maximum absolute atomic E-state index is 13.4. The lowest BCUT2D eigenvalue weighted by Gasteiger charge is -2.27. The summed E-state index contributed by atoms with van der Waals surface area (Å²) in [5.41, 5.74) is 2.10. The molecule has 0 amide bonds. The van der Waals surface area contributed by atoms with Gasteiger partial charge in [-0.25, -0.2) is 8.78 Å². The molecule has 1 heterocycles. The molecule has 0 N–H and O–H groups in total. The fraction of sp³-hybridized carbons (Fsp3) is 0.286. The molecule has 5 heteroatoms. The first kappa shape index (κ1) is 23.0. The van der Waals surface area contributed by atoms with Crippen molar-refractivity contribution in [2.24, 2.45) is 0 Å². The Morgan fingerprint density at radius 1 is 0.879 bits per heavy atom. The number of nitrogens with zero attached hydrogens (tertiary/aromatic N) is 1. The van der Waals surface area contributed by atoms with Gasteiger partial charge in [0, 0.05) is 31.5 Å². The topological polar surface area (TPSA) is 21.7 Å². The molecule has 3 aromatic carbocycles. The van der Waals surface area contributed by atoms with Crippen molar-refractivity contribution >= 4 is 0 Å². The van der Waals surface area contributed by atoms with Gasteiger partial charge in [-0.3, -0.25) is 4.90 Å². The number of hydrogen-bond acceptors (Lipinski definition) is 3. The standard InChI is InChI=1S/C28H29F2NO2/c1-32-26-4-2-5-27(20-26)33-25-15-18-31(19-16-25)17-3-6-28(21-7-11-23(29)12-8-21)22-9-13-24(30)14-10-22/h2,4-5,7-15,20,28H,3,6,16-19H2,1H3. The van der Waals surface area contributed by atoms with Gasteiger partial charge in [0.1, 0.15) is 28.9 Å². The summed E-state index contributed by atoms with van der Waals surface area (Å²) in [6.07, 6.45) is 4.89.